The van der Waals surface area contributed by atoms with Crippen molar-refractivity contribution in [3.8, 4) is 11.3 Å². The smallest absolute Gasteiger partial charge is 0.276 e. The number of aromatic nitrogens is 3. The second-order valence-corrected chi connectivity index (χ2v) is 5.23. The second kappa shape index (κ2) is 5.97. The molecule has 0 aliphatic carbocycles. The van der Waals surface area contributed by atoms with Gasteiger partial charge in [-0.3, -0.25) is 4.79 Å². The molecule has 0 spiro atoms. The predicted molar refractivity (Wildman–Crippen MR) is 78.8 cm³/mol. The van der Waals surface area contributed by atoms with Gasteiger partial charge in [0.1, 0.15) is 0 Å². The van der Waals surface area contributed by atoms with E-state index in [0.717, 1.165) is 29.4 Å². The molecule has 2 aromatic rings. The lowest BCUT2D eigenvalue weighted by atomic mass is 10.2. The van der Waals surface area contributed by atoms with Crippen molar-refractivity contribution >= 4 is 16.5 Å². The zero-order valence-electron chi connectivity index (χ0n) is 11.4. The third kappa shape index (κ3) is 3.01. The molecule has 5 nitrogen and oxygen atoms in total. The largest absolute Gasteiger partial charge is 0.365 e. The fraction of sp³-hybridized carbons (Fsp3) is 0.462. The second-order valence-electron chi connectivity index (χ2n) is 4.37. The highest BCUT2D eigenvalue weighted by molar-refractivity contribution is 7.14. The molecular formula is C13H18N4OS. The van der Waals surface area contributed by atoms with E-state index in [1.54, 1.807) is 10.7 Å². The van der Waals surface area contributed by atoms with Crippen LogP contribution in [0.15, 0.2) is 16.2 Å². The fourth-order valence-corrected chi connectivity index (χ4v) is 2.50. The highest BCUT2D eigenvalue weighted by Gasteiger charge is 2.11. The zero-order chi connectivity index (χ0) is 13.8. The lowest BCUT2D eigenvalue weighted by molar-refractivity contribution is 0.538. The highest BCUT2D eigenvalue weighted by atomic mass is 32.1. The standard InChI is InChI=1S/C13H18N4OS/c1-4-5-6-17-12(18)10(7-9(2)16-17)11-8-19-13(14-3)15-11/h7-8H,4-6H2,1-3H3,(H,14,15). The van der Waals surface area contributed by atoms with Crippen LogP contribution >= 0.6 is 11.3 Å². The molecule has 0 saturated carbocycles. The van der Waals surface area contributed by atoms with Gasteiger partial charge in [0, 0.05) is 19.0 Å². The van der Waals surface area contributed by atoms with Gasteiger partial charge in [-0.05, 0) is 19.4 Å². The van der Waals surface area contributed by atoms with Crippen molar-refractivity contribution in [3.63, 3.8) is 0 Å². The Morgan fingerprint density at radius 1 is 1.47 bits per heavy atom. The maximum absolute atomic E-state index is 12.4. The Hall–Kier alpha value is -1.69. The van der Waals surface area contributed by atoms with Gasteiger partial charge in [-0.25, -0.2) is 9.67 Å². The molecule has 19 heavy (non-hydrogen) atoms. The van der Waals surface area contributed by atoms with E-state index in [2.05, 4.69) is 22.3 Å². The van der Waals surface area contributed by atoms with E-state index < -0.39 is 0 Å². The van der Waals surface area contributed by atoms with Crippen LogP contribution in [-0.2, 0) is 6.54 Å². The van der Waals surface area contributed by atoms with E-state index in [1.165, 1.54) is 11.3 Å². The number of unbranched alkanes of at least 4 members (excludes halogenated alkanes) is 1. The molecular weight excluding hydrogens is 260 g/mol. The summed E-state index contributed by atoms with van der Waals surface area (Å²) in [6.45, 7) is 4.66. The third-order valence-corrected chi connectivity index (χ3v) is 3.67. The van der Waals surface area contributed by atoms with Gasteiger partial charge in [-0.2, -0.15) is 5.10 Å². The van der Waals surface area contributed by atoms with Crippen LogP contribution in [0.4, 0.5) is 5.13 Å². The summed E-state index contributed by atoms with van der Waals surface area (Å²) in [6.07, 6.45) is 1.99. The topological polar surface area (TPSA) is 59.8 Å². The Balaban J connectivity index is 2.45. The average Bonchev–Trinajstić information content (AvgIpc) is 2.88. The molecule has 0 atom stereocenters. The van der Waals surface area contributed by atoms with E-state index >= 15 is 0 Å². The van der Waals surface area contributed by atoms with E-state index in [9.17, 15) is 4.79 Å². The Morgan fingerprint density at radius 2 is 2.26 bits per heavy atom. The van der Waals surface area contributed by atoms with E-state index in [4.69, 9.17) is 0 Å². The number of rotatable bonds is 5. The van der Waals surface area contributed by atoms with E-state index in [0.29, 0.717) is 12.1 Å². The lowest BCUT2D eigenvalue weighted by Gasteiger charge is -2.07. The monoisotopic (exact) mass is 278 g/mol. The van der Waals surface area contributed by atoms with Crippen molar-refractivity contribution in [2.75, 3.05) is 12.4 Å². The van der Waals surface area contributed by atoms with Crippen LogP contribution in [0.2, 0.25) is 0 Å². The molecule has 0 unspecified atom stereocenters. The molecule has 0 fully saturated rings. The van der Waals surface area contributed by atoms with Crippen LogP contribution in [0.5, 0.6) is 0 Å². The summed E-state index contributed by atoms with van der Waals surface area (Å²) in [5, 5.41) is 9.97. The molecule has 0 aliphatic rings. The summed E-state index contributed by atoms with van der Waals surface area (Å²) in [5.74, 6) is 0. The summed E-state index contributed by atoms with van der Waals surface area (Å²) in [6, 6.07) is 1.80. The Morgan fingerprint density at radius 3 is 2.89 bits per heavy atom. The predicted octanol–water partition coefficient (Wildman–Crippen LogP) is 2.52. The highest BCUT2D eigenvalue weighted by Crippen LogP contribution is 2.22. The van der Waals surface area contributed by atoms with Crippen molar-refractivity contribution in [2.45, 2.75) is 33.2 Å². The molecule has 0 aromatic carbocycles. The number of hydrogen-bond donors (Lipinski definition) is 1. The molecule has 0 aliphatic heterocycles. The van der Waals surface area contributed by atoms with Crippen LogP contribution < -0.4 is 10.9 Å². The van der Waals surface area contributed by atoms with E-state index in [1.807, 2.05) is 19.4 Å². The van der Waals surface area contributed by atoms with Crippen LogP contribution in [-0.4, -0.2) is 21.8 Å². The van der Waals surface area contributed by atoms with Crippen molar-refractivity contribution in [1.29, 1.82) is 0 Å². The van der Waals surface area contributed by atoms with Crippen LogP contribution in [0.1, 0.15) is 25.5 Å². The van der Waals surface area contributed by atoms with Crippen LogP contribution in [0.25, 0.3) is 11.3 Å². The number of hydrogen-bond acceptors (Lipinski definition) is 5. The summed E-state index contributed by atoms with van der Waals surface area (Å²) >= 11 is 1.49. The van der Waals surface area contributed by atoms with Crippen LogP contribution in [0, 0.1) is 6.92 Å². The number of thiazole rings is 1. The zero-order valence-corrected chi connectivity index (χ0v) is 12.3. The number of nitrogens with zero attached hydrogens (tertiary/aromatic N) is 3. The molecule has 0 radical (unpaired) electrons. The van der Waals surface area contributed by atoms with Gasteiger partial charge in [0.2, 0.25) is 0 Å². The molecule has 1 N–H and O–H groups in total. The van der Waals surface area contributed by atoms with Gasteiger partial charge in [0.05, 0.1) is 17.0 Å². The van der Waals surface area contributed by atoms with Gasteiger partial charge in [-0.15, -0.1) is 11.3 Å². The van der Waals surface area contributed by atoms with Crippen molar-refractivity contribution in [3.05, 3.63) is 27.5 Å². The first kappa shape index (κ1) is 13.7. The van der Waals surface area contributed by atoms with Gasteiger partial charge in [-0.1, -0.05) is 13.3 Å². The minimum atomic E-state index is -0.0630. The van der Waals surface area contributed by atoms with Crippen molar-refractivity contribution in [1.82, 2.24) is 14.8 Å². The van der Waals surface area contributed by atoms with Gasteiger partial charge < -0.3 is 5.32 Å². The maximum atomic E-state index is 12.4. The first-order valence-corrected chi connectivity index (χ1v) is 7.26. The molecule has 2 heterocycles. The SMILES string of the molecule is CCCCn1nc(C)cc(-c2csc(NC)n2)c1=O. The summed E-state index contributed by atoms with van der Waals surface area (Å²) in [5.41, 5.74) is 2.12. The fourth-order valence-electron chi connectivity index (χ4n) is 1.83. The summed E-state index contributed by atoms with van der Waals surface area (Å²) in [7, 11) is 1.82. The average molecular weight is 278 g/mol. The lowest BCUT2D eigenvalue weighted by Crippen LogP contribution is -2.25. The quantitative estimate of drug-likeness (QED) is 0.913. The molecule has 0 saturated heterocycles. The minimum Gasteiger partial charge on any atom is -0.365 e. The first-order valence-electron chi connectivity index (χ1n) is 6.38. The molecule has 102 valence electrons. The molecule has 2 aromatic heterocycles. The van der Waals surface area contributed by atoms with Crippen molar-refractivity contribution < 1.29 is 0 Å². The Bertz CT molecular complexity index is 617. The van der Waals surface area contributed by atoms with E-state index in [-0.39, 0.29) is 5.56 Å². The summed E-state index contributed by atoms with van der Waals surface area (Å²) < 4.78 is 1.55. The normalized spacial score (nSPS) is 10.7. The number of nitrogens with one attached hydrogen (secondary N) is 1. The Kier molecular flexibility index (Phi) is 4.31. The van der Waals surface area contributed by atoms with Gasteiger partial charge in [0.15, 0.2) is 5.13 Å². The van der Waals surface area contributed by atoms with Crippen LogP contribution in [0.3, 0.4) is 0 Å². The van der Waals surface area contributed by atoms with Gasteiger partial charge >= 0.3 is 0 Å². The minimum absolute atomic E-state index is 0.0630. The number of aryl methyl sites for hydroxylation is 2. The maximum Gasteiger partial charge on any atom is 0.276 e. The van der Waals surface area contributed by atoms with Gasteiger partial charge in [0.25, 0.3) is 5.56 Å². The summed E-state index contributed by atoms with van der Waals surface area (Å²) in [4.78, 5) is 16.8. The third-order valence-electron chi connectivity index (χ3n) is 2.81. The molecule has 6 heteroatoms. The Labute approximate surface area is 116 Å². The molecule has 2 rings (SSSR count). The molecule has 0 bridgehead atoms. The number of anilines is 1. The first-order chi connectivity index (χ1) is 9.15. The molecule has 0 amide bonds. The van der Waals surface area contributed by atoms with Crippen molar-refractivity contribution in [2.24, 2.45) is 0 Å².